The van der Waals surface area contributed by atoms with Crippen LogP contribution >= 0.6 is 0 Å². The molecule has 0 bridgehead atoms. The molecule has 2 nitrogen and oxygen atoms in total. The average molecular weight is 512 g/mol. The van der Waals surface area contributed by atoms with Crippen molar-refractivity contribution in [3.8, 4) is 22.9 Å². The van der Waals surface area contributed by atoms with Gasteiger partial charge in [0.25, 0.3) is 0 Å². The van der Waals surface area contributed by atoms with Gasteiger partial charge in [-0.2, -0.15) is 5.26 Å². The summed E-state index contributed by atoms with van der Waals surface area (Å²) >= 11 is 0. The Kier molecular flexibility index (Phi) is 4.87. The Morgan fingerprint density at radius 3 is 2.05 bits per heavy atom. The van der Waals surface area contributed by atoms with E-state index < -0.39 is 5.60 Å². The van der Waals surface area contributed by atoms with Gasteiger partial charge >= 0.3 is 0 Å². The van der Waals surface area contributed by atoms with Gasteiger partial charge in [-0.05, 0) is 70.1 Å². The molecule has 1 aliphatic heterocycles. The third kappa shape index (κ3) is 3.23. The summed E-state index contributed by atoms with van der Waals surface area (Å²) in [6, 6.07) is 28.9. The fourth-order valence-corrected chi connectivity index (χ4v) is 6.39. The molecule has 0 spiro atoms. The van der Waals surface area contributed by atoms with Crippen molar-refractivity contribution in [3.63, 3.8) is 0 Å². The Bertz CT molecular complexity index is 1830. The summed E-state index contributed by atoms with van der Waals surface area (Å²) in [4.78, 5) is 0. The Morgan fingerprint density at radius 1 is 0.769 bits per heavy atom. The van der Waals surface area contributed by atoms with Gasteiger partial charge in [-0.1, -0.05) is 74.5 Å². The van der Waals surface area contributed by atoms with Crippen molar-refractivity contribution in [2.45, 2.75) is 24.9 Å². The summed E-state index contributed by atoms with van der Waals surface area (Å²) in [5.74, 6) is -0.0536. The maximum atomic E-state index is 14.0. The number of hydrogen-bond donors (Lipinski definition) is 0. The second kappa shape index (κ2) is 8.12. The average Bonchev–Trinajstić information content (AvgIpc) is 3.20. The van der Waals surface area contributed by atoms with E-state index in [9.17, 15) is 14.0 Å². The first kappa shape index (κ1) is 23.4. The van der Waals surface area contributed by atoms with Gasteiger partial charge in [0.15, 0.2) is 5.60 Å². The molecule has 0 radical (unpaired) electrons. The topological polar surface area (TPSA) is 33.0 Å². The Balaban J connectivity index is 1.58. The molecule has 0 atom stereocenters. The van der Waals surface area contributed by atoms with Crippen molar-refractivity contribution in [2.75, 3.05) is 0 Å². The molecule has 39 heavy (non-hydrogen) atoms. The van der Waals surface area contributed by atoms with Crippen LogP contribution in [0.4, 0.5) is 8.78 Å². The van der Waals surface area contributed by atoms with Gasteiger partial charge in [0.05, 0.1) is 11.6 Å². The second-order valence-electron chi connectivity index (χ2n) is 10.7. The smallest absolute Gasteiger partial charge is 0.178 e. The van der Waals surface area contributed by atoms with Gasteiger partial charge in [0.2, 0.25) is 0 Å². The first-order valence-electron chi connectivity index (χ1n) is 12.9. The van der Waals surface area contributed by atoms with Crippen molar-refractivity contribution < 1.29 is 13.5 Å². The lowest BCUT2D eigenvalue weighted by Gasteiger charge is -2.38. The van der Waals surface area contributed by atoms with Gasteiger partial charge in [-0.15, -0.1) is 0 Å². The number of benzene rings is 5. The molecule has 4 heteroatoms. The van der Waals surface area contributed by atoms with Crippen LogP contribution in [-0.2, 0) is 11.0 Å². The molecule has 1 aliphatic carbocycles. The molecule has 0 unspecified atom stereocenters. The van der Waals surface area contributed by atoms with Gasteiger partial charge in [-0.3, -0.25) is 0 Å². The van der Waals surface area contributed by atoms with E-state index in [2.05, 4.69) is 50.3 Å². The maximum Gasteiger partial charge on any atom is 0.178 e. The van der Waals surface area contributed by atoms with Crippen LogP contribution in [-0.4, -0.2) is 0 Å². The highest BCUT2D eigenvalue weighted by molar-refractivity contribution is 6.08. The number of ether oxygens (including phenoxy) is 1. The Labute approximate surface area is 225 Å². The van der Waals surface area contributed by atoms with E-state index in [1.165, 1.54) is 41.0 Å². The number of halogens is 2. The van der Waals surface area contributed by atoms with Crippen LogP contribution < -0.4 is 4.74 Å². The molecule has 5 aromatic carbocycles. The minimum Gasteiger partial charge on any atom is -0.472 e. The monoisotopic (exact) mass is 511 g/mol. The van der Waals surface area contributed by atoms with Crippen molar-refractivity contribution >= 4 is 16.8 Å². The number of nitriles is 1. The largest absolute Gasteiger partial charge is 0.472 e. The third-order valence-electron chi connectivity index (χ3n) is 8.22. The van der Waals surface area contributed by atoms with E-state index in [-0.39, 0.29) is 17.0 Å². The van der Waals surface area contributed by atoms with Crippen LogP contribution in [0.1, 0.15) is 47.2 Å². The van der Waals surface area contributed by atoms with Crippen molar-refractivity contribution in [2.24, 2.45) is 0 Å². The predicted molar refractivity (Wildman–Crippen MR) is 149 cm³/mol. The Hall–Kier alpha value is -4.75. The van der Waals surface area contributed by atoms with Gasteiger partial charge in [-0.25, -0.2) is 8.78 Å². The molecule has 1 heterocycles. The van der Waals surface area contributed by atoms with Crippen molar-refractivity contribution in [1.29, 1.82) is 5.26 Å². The molecule has 0 aromatic heterocycles. The number of rotatable bonds is 2. The normalized spacial score (nSPS) is 15.7. The van der Waals surface area contributed by atoms with Crippen LogP contribution in [0.2, 0.25) is 0 Å². The fourth-order valence-electron chi connectivity index (χ4n) is 6.39. The zero-order valence-corrected chi connectivity index (χ0v) is 21.4. The molecular formula is C35H23F2NO. The first-order chi connectivity index (χ1) is 18.8. The van der Waals surface area contributed by atoms with Crippen molar-refractivity contribution in [3.05, 3.63) is 142 Å². The lowest BCUT2D eigenvalue weighted by atomic mass is 9.76. The van der Waals surface area contributed by atoms with E-state index in [1.807, 2.05) is 24.3 Å². The number of fused-ring (bicyclic) bond motifs is 8. The van der Waals surface area contributed by atoms with E-state index >= 15 is 0 Å². The molecule has 5 aromatic rings. The predicted octanol–water partition coefficient (Wildman–Crippen LogP) is 8.65. The summed E-state index contributed by atoms with van der Waals surface area (Å²) in [5, 5.41) is 11.6. The number of nitrogens with zero attached hydrogens (tertiary/aromatic N) is 1. The van der Waals surface area contributed by atoms with Crippen LogP contribution in [0.3, 0.4) is 0 Å². The van der Waals surface area contributed by atoms with Crippen LogP contribution in [0.25, 0.3) is 28.0 Å². The third-order valence-corrected chi connectivity index (χ3v) is 8.22. The number of hydrogen-bond acceptors (Lipinski definition) is 2. The molecule has 7 rings (SSSR count). The second-order valence-corrected chi connectivity index (χ2v) is 10.7. The lowest BCUT2D eigenvalue weighted by Crippen LogP contribution is -2.35. The summed E-state index contributed by atoms with van der Waals surface area (Å²) in [6.07, 6.45) is 4.06. The highest BCUT2D eigenvalue weighted by Crippen LogP contribution is 2.58. The Morgan fingerprint density at radius 2 is 1.41 bits per heavy atom. The molecular weight excluding hydrogens is 488 g/mol. The van der Waals surface area contributed by atoms with E-state index in [4.69, 9.17) is 4.74 Å². The molecule has 0 N–H and O–H groups in total. The zero-order chi connectivity index (χ0) is 26.9. The highest BCUT2D eigenvalue weighted by atomic mass is 19.1. The highest BCUT2D eigenvalue weighted by Gasteiger charge is 2.44. The van der Waals surface area contributed by atoms with Crippen LogP contribution in [0, 0.1) is 23.0 Å². The summed E-state index contributed by atoms with van der Waals surface area (Å²) in [5.41, 5.74) is 6.22. The molecule has 0 saturated carbocycles. The van der Waals surface area contributed by atoms with E-state index in [0.29, 0.717) is 22.4 Å². The minimum atomic E-state index is -1.13. The van der Waals surface area contributed by atoms with Gasteiger partial charge in [0.1, 0.15) is 17.4 Å². The van der Waals surface area contributed by atoms with Gasteiger partial charge in [0, 0.05) is 27.5 Å². The standard InChI is InChI=1S/C35H23F2NO/c1-34(2)30-6-4-3-5-27(30)31-26-16-7-21(20-38)19-29(26)33-28(32(31)34)17-18-35(39-33,22-8-12-24(36)13-9-22)23-10-14-25(37)15-11-23/h3-19H,1-2H3. The molecule has 0 amide bonds. The quantitative estimate of drug-likeness (QED) is 0.238. The maximum absolute atomic E-state index is 14.0. The molecule has 2 aliphatic rings. The first-order valence-corrected chi connectivity index (χ1v) is 12.9. The molecule has 0 fully saturated rings. The lowest BCUT2D eigenvalue weighted by molar-refractivity contribution is 0.163. The summed E-state index contributed by atoms with van der Waals surface area (Å²) in [7, 11) is 0. The minimum absolute atomic E-state index is 0.294. The van der Waals surface area contributed by atoms with Crippen molar-refractivity contribution in [1.82, 2.24) is 0 Å². The zero-order valence-electron chi connectivity index (χ0n) is 21.4. The molecule has 0 saturated heterocycles. The van der Waals surface area contributed by atoms with E-state index in [1.54, 1.807) is 24.3 Å². The fraction of sp³-hybridized carbons (Fsp3) is 0.114. The van der Waals surface area contributed by atoms with Gasteiger partial charge < -0.3 is 4.74 Å². The SMILES string of the molecule is CC1(C)c2ccccc2-c2c1c1c(c3cc(C#N)ccc23)OC(c2ccc(F)cc2)(c2ccc(F)cc2)C=C1. The van der Waals surface area contributed by atoms with Crippen LogP contribution in [0.5, 0.6) is 5.75 Å². The van der Waals surface area contributed by atoms with Crippen LogP contribution in [0.15, 0.2) is 97.1 Å². The molecule has 188 valence electrons. The summed E-state index contributed by atoms with van der Waals surface area (Å²) < 4.78 is 35.0. The van der Waals surface area contributed by atoms with E-state index in [0.717, 1.165) is 21.9 Å². The summed E-state index contributed by atoms with van der Waals surface area (Å²) in [6.45, 7) is 4.45.